The molecule has 110 valence electrons. The first-order chi connectivity index (χ1) is 10.0. The van der Waals surface area contributed by atoms with E-state index in [1.54, 1.807) is 30.5 Å². The van der Waals surface area contributed by atoms with Gasteiger partial charge in [0, 0.05) is 11.2 Å². The smallest absolute Gasteiger partial charge is 0.258 e. The van der Waals surface area contributed by atoms with Crippen molar-refractivity contribution in [3.05, 3.63) is 50.1 Å². The molecule has 0 unspecified atom stereocenters. The van der Waals surface area contributed by atoms with E-state index in [-0.39, 0.29) is 5.91 Å². The van der Waals surface area contributed by atoms with Crippen molar-refractivity contribution in [2.75, 3.05) is 11.9 Å². The highest BCUT2D eigenvalue weighted by Crippen LogP contribution is 2.37. The van der Waals surface area contributed by atoms with Crippen LogP contribution < -0.4 is 10.1 Å². The van der Waals surface area contributed by atoms with Crippen LogP contribution >= 0.6 is 43.5 Å². The third-order valence-electron chi connectivity index (χ3n) is 2.55. The maximum Gasteiger partial charge on any atom is 0.258 e. The number of pyridine rings is 1. The maximum atomic E-state index is 12.3. The van der Waals surface area contributed by atoms with E-state index in [1.807, 2.05) is 6.92 Å². The van der Waals surface area contributed by atoms with E-state index in [0.29, 0.717) is 37.7 Å². The lowest BCUT2D eigenvalue weighted by molar-refractivity contribution is 0.102. The van der Waals surface area contributed by atoms with Gasteiger partial charge < -0.3 is 10.1 Å². The molecule has 0 saturated carbocycles. The first kappa shape index (κ1) is 16.3. The molecule has 0 bridgehead atoms. The molecule has 0 fully saturated rings. The molecule has 0 saturated heterocycles. The van der Waals surface area contributed by atoms with Gasteiger partial charge in [-0.2, -0.15) is 0 Å². The van der Waals surface area contributed by atoms with Crippen LogP contribution in [0.15, 0.2) is 39.5 Å². The molecule has 2 rings (SSSR count). The monoisotopic (exact) mass is 432 g/mol. The fourth-order valence-corrected chi connectivity index (χ4v) is 3.04. The number of nitrogens with one attached hydrogen (secondary N) is 1. The molecule has 1 heterocycles. The number of aromatic nitrogens is 1. The lowest BCUT2D eigenvalue weighted by atomic mass is 10.2. The number of hydrogen-bond donors (Lipinski definition) is 1. The Kier molecular flexibility index (Phi) is 5.61. The molecular weight excluding hydrogens is 423 g/mol. The second kappa shape index (κ2) is 7.24. The summed E-state index contributed by atoms with van der Waals surface area (Å²) in [6.07, 6.45) is 1.60. The van der Waals surface area contributed by atoms with Gasteiger partial charge in [0.2, 0.25) is 0 Å². The van der Waals surface area contributed by atoms with Crippen molar-refractivity contribution in [1.82, 2.24) is 4.98 Å². The van der Waals surface area contributed by atoms with Crippen LogP contribution in [-0.4, -0.2) is 17.5 Å². The summed E-state index contributed by atoms with van der Waals surface area (Å²) in [7, 11) is 0. The maximum absolute atomic E-state index is 12.3. The topological polar surface area (TPSA) is 51.2 Å². The molecule has 7 heteroatoms. The van der Waals surface area contributed by atoms with Gasteiger partial charge in [0.1, 0.15) is 4.60 Å². The van der Waals surface area contributed by atoms with E-state index in [1.165, 1.54) is 0 Å². The number of halogens is 3. The van der Waals surface area contributed by atoms with Crippen molar-refractivity contribution in [3.63, 3.8) is 0 Å². The fourth-order valence-electron chi connectivity index (χ4n) is 1.69. The predicted molar refractivity (Wildman–Crippen MR) is 90.2 cm³/mol. The zero-order chi connectivity index (χ0) is 15.4. The minimum Gasteiger partial charge on any atom is -0.491 e. The lowest BCUT2D eigenvalue weighted by Gasteiger charge is -2.14. The molecule has 0 aliphatic carbocycles. The molecular formula is C14H11Br2ClN2O2. The number of nitrogens with zero attached hydrogens (tertiary/aromatic N) is 1. The summed E-state index contributed by atoms with van der Waals surface area (Å²) in [5.74, 6) is 0.236. The second-order valence-corrected chi connectivity index (χ2v) is 6.04. The Morgan fingerprint density at radius 3 is 2.86 bits per heavy atom. The van der Waals surface area contributed by atoms with E-state index < -0.39 is 0 Å². The Morgan fingerprint density at radius 2 is 2.19 bits per heavy atom. The lowest BCUT2D eigenvalue weighted by Crippen LogP contribution is -2.14. The van der Waals surface area contributed by atoms with Crippen LogP contribution in [0.25, 0.3) is 0 Å². The van der Waals surface area contributed by atoms with Gasteiger partial charge in [-0.05, 0) is 63.0 Å². The number of carbonyl (C=O) groups excluding carboxylic acids is 1. The largest absolute Gasteiger partial charge is 0.491 e. The Morgan fingerprint density at radius 1 is 1.43 bits per heavy atom. The zero-order valence-electron chi connectivity index (χ0n) is 11.0. The summed E-state index contributed by atoms with van der Waals surface area (Å²) in [5.41, 5.74) is 0.924. The summed E-state index contributed by atoms with van der Waals surface area (Å²) < 4.78 is 6.69. The molecule has 1 aromatic heterocycles. The third kappa shape index (κ3) is 3.96. The van der Waals surface area contributed by atoms with E-state index in [2.05, 4.69) is 42.2 Å². The summed E-state index contributed by atoms with van der Waals surface area (Å²) in [4.78, 5) is 16.3. The highest BCUT2D eigenvalue weighted by atomic mass is 79.9. The van der Waals surface area contributed by atoms with Gasteiger partial charge in [0.05, 0.1) is 22.3 Å². The van der Waals surface area contributed by atoms with Gasteiger partial charge in [0.15, 0.2) is 5.75 Å². The van der Waals surface area contributed by atoms with Crippen LogP contribution in [0.4, 0.5) is 5.69 Å². The minimum atomic E-state index is -0.301. The third-order valence-corrected chi connectivity index (χ3v) is 3.99. The molecule has 2 aromatic rings. The highest BCUT2D eigenvalue weighted by Gasteiger charge is 2.16. The van der Waals surface area contributed by atoms with E-state index in [9.17, 15) is 4.79 Å². The number of benzene rings is 1. The first-order valence-corrected chi connectivity index (χ1v) is 8.03. The number of ether oxygens (including phenoxy) is 1. The zero-order valence-corrected chi connectivity index (χ0v) is 14.9. The van der Waals surface area contributed by atoms with Crippen LogP contribution in [-0.2, 0) is 0 Å². The molecule has 1 amide bonds. The summed E-state index contributed by atoms with van der Waals surface area (Å²) >= 11 is 12.7. The highest BCUT2D eigenvalue weighted by molar-refractivity contribution is 9.10. The Bertz CT molecular complexity index is 680. The summed E-state index contributed by atoms with van der Waals surface area (Å²) in [5, 5.41) is 3.28. The molecule has 0 radical (unpaired) electrons. The Labute approximate surface area is 144 Å². The molecule has 4 nitrogen and oxygen atoms in total. The molecule has 0 aliphatic heterocycles. The number of amides is 1. The van der Waals surface area contributed by atoms with Crippen LogP contribution in [0.3, 0.4) is 0 Å². The average Bonchev–Trinajstić information content (AvgIpc) is 2.43. The number of hydrogen-bond acceptors (Lipinski definition) is 3. The quantitative estimate of drug-likeness (QED) is 0.696. The van der Waals surface area contributed by atoms with E-state index in [0.717, 1.165) is 0 Å². The SMILES string of the molecule is CCOc1c(Br)cc(Cl)cc1NC(=O)c1cccnc1Br. The van der Waals surface area contributed by atoms with Gasteiger partial charge in [0.25, 0.3) is 5.91 Å². The van der Waals surface area contributed by atoms with Crippen molar-refractivity contribution in [2.45, 2.75) is 6.92 Å². The van der Waals surface area contributed by atoms with Crippen LogP contribution in [0.2, 0.25) is 5.02 Å². The van der Waals surface area contributed by atoms with E-state index in [4.69, 9.17) is 16.3 Å². The number of rotatable bonds is 4. The molecule has 0 atom stereocenters. The second-order valence-electron chi connectivity index (χ2n) is 3.99. The van der Waals surface area contributed by atoms with Gasteiger partial charge in [-0.1, -0.05) is 11.6 Å². The molecule has 1 N–H and O–H groups in total. The van der Waals surface area contributed by atoms with Crippen molar-refractivity contribution < 1.29 is 9.53 Å². The van der Waals surface area contributed by atoms with Gasteiger partial charge in [-0.3, -0.25) is 4.79 Å². The van der Waals surface area contributed by atoms with Crippen molar-refractivity contribution in [1.29, 1.82) is 0 Å². The number of anilines is 1. The molecule has 1 aromatic carbocycles. The Hall–Kier alpha value is -1.11. The normalized spacial score (nSPS) is 10.3. The molecule has 0 aliphatic rings. The standard InChI is InChI=1S/C14H11Br2ClN2O2/c1-2-21-12-10(15)6-8(17)7-11(12)19-14(20)9-4-3-5-18-13(9)16/h3-7H,2H2,1H3,(H,19,20). The van der Waals surface area contributed by atoms with Gasteiger partial charge in [-0.25, -0.2) is 4.98 Å². The first-order valence-electron chi connectivity index (χ1n) is 6.06. The summed E-state index contributed by atoms with van der Waals surface area (Å²) in [6.45, 7) is 2.34. The van der Waals surface area contributed by atoms with Crippen LogP contribution in [0.1, 0.15) is 17.3 Å². The number of carbonyl (C=O) groups is 1. The van der Waals surface area contributed by atoms with Crippen molar-refractivity contribution in [3.8, 4) is 5.75 Å². The molecule has 0 spiro atoms. The van der Waals surface area contributed by atoms with Crippen LogP contribution in [0, 0.1) is 0 Å². The molecule has 21 heavy (non-hydrogen) atoms. The minimum absolute atomic E-state index is 0.301. The predicted octanol–water partition coefficient (Wildman–Crippen LogP) is 4.91. The van der Waals surface area contributed by atoms with Crippen molar-refractivity contribution >= 4 is 55.1 Å². The van der Waals surface area contributed by atoms with Gasteiger partial charge in [-0.15, -0.1) is 0 Å². The van der Waals surface area contributed by atoms with Crippen molar-refractivity contribution in [2.24, 2.45) is 0 Å². The summed E-state index contributed by atoms with van der Waals surface area (Å²) in [6, 6.07) is 6.71. The van der Waals surface area contributed by atoms with Crippen LogP contribution in [0.5, 0.6) is 5.75 Å². The fraction of sp³-hybridized carbons (Fsp3) is 0.143. The average molecular weight is 435 g/mol. The van der Waals surface area contributed by atoms with Gasteiger partial charge >= 0.3 is 0 Å². The van der Waals surface area contributed by atoms with E-state index >= 15 is 0 Å². The Balaban J connectivity index is 2.35.